The maximum atomic E-state index is 10.8. The highest BCUT2D eigenvalue weighted by Gasteiger charge is 2.05. The van der Waals surface area contributed by atoms with E-state index in [1.807, 2.05) is 0 Å². The molecule has 0 bridgehead atoms. The summed E-state index contributed by atoms with van der Waals surface area (Å²) in [6.07, 6.45) is 0. The maximum Gasteiger partial charge on any atom is 0.269 e. The van der Waals surface area contributed by atoms with Gasteiger partial charge in [0, 0.05) is 17.7 Å². The van der Waals surface area contributed by atoms with Gasteiger partial charge in [-0.15, -0.1) is 12.4 Å². The van der Waals surface area contributed by atoms with Crippen LogP contribution in [-0.4, -0.2) is 10.7 Å². The number of non-ortho nitro benzene ring substituents is 1. The molecule has 0 aliphatic rings. The molecule has 0 aliphatic heterocycles. The Labute approximate surface area is 81.1 Å². The molecule has 13 heavy (non-hydrogen) atoms. The molecule has 0 heterocycles. The lowest BCUT2D eigenvalue weighted by atomic mass is 10.1. The molecule has 0 fully saturated rings. The Morgan fingerprint density at radius 3 is 2.08 bits per heavy atom. The Balaban J connectivity index is 0.00000144. The monoisotopic (exact) mass is 201 g/mol. The number of carbonyl (C=O) groups is 1. The van der Waals surface area contributed by atoms with Gasteiger partial charge in [-0.3, -0.25) is 14.9 Å². The zero-order valence-electron chi connectivity index (χ0n) is 6.89. The van der Waals surface area contributed by atoms with Crippen molar-refractivity contribution < 1.29 is 9.72 Å². The van der Waals surface area contributed by atoms with Crippen LogP contribution in [0.2, 0.25) is 0 Å². The van der Waals surface area contributed by atoms with Crippen molar-refractivity contribution in [1.29, 1.82) is 0 Å². The molecule has 0 saturated carbocycles. The molecule has 0 unspecified atom stereocenters. The average molecular weight is 202 g/mol. The van der Waals surface area contributed by atoms with Crippen molar-refractivity contribution in [2.75, 3.05) is 0 Å². The van der Waals surface area contributed by atoms with Crippen LogP contribution >= 0.6 is 12.4 Å². The summed E-state index contributed by atoms with van der Waals surface area (Å²) in [6, 6.07) is 5.52. The van der Waals surface area contributed by atoms with Gasteiger partial charge in [-0.1, -0.05) is 0 Å². The van der Waals surface area contributed by atoms with Crippen LogP contribution in [0.25, 0.3) is 0 Å². The first-order valence-corrected chi connectivity index (χ1v) is 3.36. The molecular formula is C8H8ClNO3. The van der Waals surface area contributed by atoms with Gasteiger partial charge >= 0.3 is 0 Å². The quantitative estimate of drug-likeness (QED) is 0.419. The number of rotatable bonds is 2. The molecule has 4 nitrogen and oxygen atoms in total. The summed E-state index contributed by atoms with van der Waals surface area (Å²) in [5, 5.41) is 10.2. The lowest BCUT2D eigenvalue weighted by Crippen LogP contribution is -1.92. The summed E-state index contributed by atoms with van der Waals surface area (Å²) < 4.78 is 0. The number of carbonyl (C=O) groups excluding carboxylic acids is 1. The van der Waals surface area contributed by atoms with Crippen molar-refractivity contribution in [3.8, 4) is 0 Å². The van der Waals surface area contributed by atoms with E-state index in [2.05, 4.69) is 0 Å². The minimum Gasteiger partial charge on any atom is -0.295 e. The van der Waals surface area contributed by atoms with Crippen molar-refractivity contribution in [2.24, 2.45) is 0 Å². The van der Waals surface area contributed by atoms with E-state index in [1.165, 1.54) is 31.2 Å². The van der Waals surface area contributed by atoms with Crippen LogP contribution in [0.3, 0.4) is 0 Å². The maximum absolute atomic E-state index is 10.8. The summed E-state index contributed by atoms with van der Waals surface area (Å²) in [4.78, 5) is 20.5. The first-order valence-electron chi connectivity index (χ1n) is 3.36. The number of halogens is 1. The Bertz CT molecular complexity index is 288. The fourth-order valence-corrected chi connectivity index (χ4v) is 0.818. The van der Waals surface area contributed by atoms with Gasteiger partial charge in [0.05, 0.1) is 4.92 Å². The zero-order chi connectivity index (χ0) is 9.14. The number of nitro benzene ring substituents is 1. The van der Waals surface area contributed by atoms with Gasteiger partial charge in [0.2, 0.25) is 0 Å². The van der Waals surface area contributed by atoms with E-state index >= 15 is 0 Å². The lowest BCUT2D eigenvalue weighted by molar-refractivity contribution is -0.384. The molecule has 0 aliphatic carbocycles. The smallest absolute Gasteiger partial charge is 0.269 e. The van der Waals surface area contributed by atoms with Gasteiger partial charge < -0.3 is 0 Å². The largest absolute Gasteiger partial charge is 0.295 e. The second-order valence-corrected chi connectivity index (χ2v) is 2.36. The Morgan fingerprint density at radius 2 is 1.77 bits per heavy atom. The summed E-state index contributed by atoms with van der Waals surface area (Å²) in [5.41, 5.74) is 0.487. The molecule has 0 atom stereocenters. The molecule has 0 radical (unpaired) electrons. The Morgan fingerprint density at radius 1 is 1.31 bits per heavy atom. The molecule has 5 heteroatoms. The van der Waals surface area contributed by atoms with Crippen molar-refractivity contribution in [3.05, 3.63) is 39.9 Å². The van der Waals surface area contributed by atoms with Gasteiger partial charge in [-0.25, -0.2) is 0 Å². The molecule has 0 N–H and O–H groups in total. The number of nitro groups is 1. The molecule has 0 saturated heterocycles. The first kappa shape index (κ1) is 11.6. The van der Waals surface area contributed by atoms with Gasteiger partial charge in [0.25, 0.3) is 5.69 Å². The molecule has 1 rings (SSSR count). The predicted octanol–water partition coefficient (Wildman–Crippen LogP) is 2.22. The summed E-state index contributed by atoms with van der Waals surface area (Å²) in [5.74, 6) is -0.0927. The minimum atomic E-state index is -0.496. The van der Waals surface area contributed by atoms with Crippen molar-refractivity contribution >= 4 is 23.9 Å². The van der Waals surface area contributed by atoms with Crippen LogP contribution in [0.1, 0.15) is 17.3 Å². The molecular weight excluding hydrogens is 194 g/mol. The number of Topliss-reactive ketones (excluding diaryl/α,β-unsaturated/α-hetero) is 1. The normalized spacial score (nSPS) is 8.69. The van der Waals surface area contributed by atoms with E-state index in [0.717, 1.165) is 0 Å². The summed E-state index contributed by atoms with van der Waals surface area (Å²) in [6.45, 7) is 1.42. The molecule has 1 aromatic carbocycles. The molecule has 70 valence electrons. The number of ketones is 1. The van der Waals surface area contributed by atoms with E-state index in [0.29, 0.717) is 5.56 Å². The van der Waals surface area contributed by atoms with E-state index in [1.54, 1.807) is 0 Å². The topological polar surface area (TPSA) is 60.2 Å². The van der Waals surface area contributed by atoms with Crippen molar-refractivity contribution in [1.82, 2.24) is 0 Å². The van der Waals surface area contributed by atoms with E-state index in [-0.39, 0.29) is 23.9 Å². The van der Waals surface area contributed by atoms with Crippen molar-refractivity contribution in [3.63, 3.8) is 0 Å². The highest BCUT2D eigenvalue weighted by molar-refractivity contribution is 5.94. The number of hydrogen-bond acceptors (Lipinski definition) is 3. The third kappa shape index (κ3) is 2.83. The molecule has 0 aromatic heterocycles. The average Bonchev–Trinajstić information content (AvgIpc) is 2.04. The minimum absolute atomic E-state index is 0. The standard InChI is InChI=1S/C8H7NO3.ClH/c1-6(10)7-2-4-8(5-3-7)9(11)12;/h2-5H,1H3;1H. The molecule has 0 spiro atoms. The van der Waals surface area contributed by atoms with Crippen molar-refractivity contribution in [2.45, 2.75) is 6.92 Å². The van der Waals surface area contributed by atoms with Crippen LogP contribution < -0.4 is 0 Å². The van der Waals surface area contributed by atoms with Crippen LogP contribution in [0.5, 0.6) is 0 Å². The first-order chi connectivity index (χ1) is 5.61. The predicted molar refractivity (Wildman–Crippen MR) is 50.3 cm³/mol. The number of hydrogen-bond donors (Lipinski definition) is 0. The van der Waals surface area contributed by atoms with Crippen LogP contribution in [0.15, 0.2) is 24.3 Å². The fourth-order valence-electron chi connectivity index (χ4n) is 0.818. The van der Waals surface area contributed by atoms with Gasteiger partial charge in [0.15, 0.2) is 5.78 Å². The van der Waals surface area contributed by atoms with Gasteiger partial charge in [-0.2, -0.15) is 0 Å². The van der Waals surface area contributed by atoms with E-state index in [9.17, 15) is 14.9 Å². The van der Waals surface area contributed by atoms with E-state index in [4.69, 9.17) is 0 Å². The summed E-state index contributed by atoms with van der Waals surface area (Å²) in [7, 11) is 0. The zero-order valence-corrected chi connectivity index (χ0v) is 7.71. The van der Waals surface area contributed by atoms with Gasteiger partial charge in [-0.05, 0) is 19.1 Å². The third-order valence-corrected chi connectivity index (χ3v) is 1.48. The van der Waals surface area contributed by atoms with Gasteiger partial charge in [0.1, 0.15) is 0 Å². The number of benzene rings is 1. The highest BCUT2D eigenvalue weighted by atomic mass is 35.5. The highest BCUT2D eigenvalue weighted by Crippen LogP contribution is 2.11. The number of nitrogens with zero attached hydrogens (tertiary/aromatic N) is 1. The lowest BCUT2D eigenvalue weighted by Gasteiger charge is -1.93. The third-order valence-electron chi connectivity index (χ3n) is 1.48. The Kier molecular flexibility index (Phi) is 4.07. The summed E-state index contributed by atoms with van der Waals surface area (Å²) >= 11 is 0. The SMILES string of the molecule is CC(=O)c1ccc([N+](=O)[O-])cc1.Cl. The van der Waals surface area contributed by atoms with E-state index < -0.39 is 4.92 Å². The van der Waals surface area contributed by atoms with Crippen LogP contribution in [0.4, 0.5) is 5.69 Å². The molecule has 0 amide bonds. The molecule has 1 aromatic rings. The van der Waals surface area contributed by atoms with Crippen LogP contribution in [0, 0.1) is 10.1 Å². The second kappa shape index (κ2) is 4.57. The van der Waals surface area contributed by atoms with Crippen LogP contribution in [-0.2, 0) is 0 Å². The second-order valence-electron chi connectivity index (χ2n) is 2.36. The fraction of sp³-hybridized carbons (Fsp3) is 0.125. The Hall–Kier alpha value is -1.42.